The Morgan fingerprint density at radius 1 is 1.29 bits per heavy atom. The van der Waals surface area contributed by atoms with Gasteiger partial charge < -0.3 is 14.7 Å². The molecule has 0 radical (unpaired) electrons. The van der Waals surface area contributed by atoms with Gasteiger partial charge in [-0.25, -0.2) is 0 Å². The van der Waals surface area contributed by atoms with Gasteiger partial charge in [0, 0.05) is 13.1 Å². The lowest BCUT2D eigenvalue weighted by Crippen LogP contribution is -2.24. The average Bonchev–Trinajstić information content (AvgIpc) is 2.30. The lowest BCUT2D eigenvalue weighted by molar-refractivity contribution is 0.223. The Hall–Kier alpha value is -1.06. The van der Waals surface area contributed by atoms with Crippen molar-refractivity contribution < 1.29 is 9.84 Å². The Morgan fingerprint density at radius 3 is 2.65 bits per heavy atom. The molecule has 0 aliphatic rings. The first-order valence-electron chi connectivity index (χ1n) is 6.19. The van der Waals surface area contributed by atoms with Crippen LogP contribution < -0.4 is 4.74 Å². The van der Waals surface area contributed by atoms with E-state index in [2.05, 4.69) is 24.0 Å². The lowest BCUT2D eigenvalue weighted by atomic mass is 10.1. The minimum Gasteiger partial charge on any atom is -0.494 e. The highest BCUT2D eigenvalue weighted by atomic mass is 16.5. The second-order valence-corrected chi connectivity index (χ2v) is 4.31. The van der Waals surface area contributed by atoms with E-state index < -0.39 is 0 Å². The van der Waals surface area contributed by atoms with Crippen LogP contribution >= 0.6 is 0 Å². The molecule has 0 spiro atoms. The second kappa shape index (κ2) is 7.30. The summed E-state index contributed by atoms with van der Waals surface area (Å²) in [6, 6.07) is 6.34. The molecule has 0 amide bonds. The zero-order chi connectivity index (χ0) is 12.7. The third-order valence-corrected chi connectivity index (χ3v) is 2.80. The van der Waals surface area contributed by atoms with Gasteiger partial charge in [0.2, 0.25) is 0 Å². The van der Waals surface area contributed by atoms with E-state index in [1.54, 1.807) is 0 Å². The van der Waals surface area contributed by atoms with Crippen LogP contribution in [0.4, 0.5) is 0 Å². The Kier molecular flexibility index (Phi) is 6.01. The van der Waals surface area contributed by atoms with E-state index in [-0.39, 0.29) is 6.61 Å². The lowest BCUT2D eigenvalue weighted by Gasteiger charge is -2.15. The molecule has 1 aromatic rings. The van der Waals surface area contributed by atoms with Crippen LogP contribution in [0.5, 0.6) is 5.75 Å². The molecule has 0 bridgehead atoms. The first-order chi connectivity index (χ1) is 8.17. The van der Waals surface area contributed by atoms with Gasteiger partial charge in [0.05, 0.1) is 13.2 Å². The number of benzene rings is 1. The molecule has 1 N–H and O–H groups in total. The van der Waals surface area contributed by atoms with Crippen molar-refractivity contribution in [1.29, 1.82) is 0 Å². The van der Waals surface area contributed by atoms with E-state index in [1.165, 1.54) is 11.1 Å². The number of nitrogens with zero attached hydrogens (tertiary/aromatic N) is 1. The number of ether oxygens (including phenoxy) is 1. The molecule has 17 heavy (non-hydrogen) atoms. The fourth-order valence-electron chi connectivity index (χ4n) is 1.79. The maximum Gasteiger partial charge on any atom is 0.122 e. The summed E-state index contributed by atoms with van der Waals surface area (Å²) >= 11 is 0. The summed E-state index contributed by atoms with van der Waals surface area (Å²) in [6.45, 7) is 6.70. The first-order valence-corrected chi connectivity index (χ1v) is 6.19. The fourth-order valence-corrected chi connectivity index (χ4v) is 1.79. The summed E-state index contributed by atoms with van der Waals surface area (Å²) in [7, 11) is 2.03. The number of aliphatic hydroxyl groups is 1. The number of aryl methyl sites for hydroxylation is 1. The van der Waals surface area contributed by atoms with Crippen molar-refractivity contribution >= 4 is 0 Å². The number of hydrogen-bond donors (Lipinski definition) is 1. The third-order valence-electron chi connectivity index (χ3n) is 2.80. The van der Waals surface area contributed by atoms with E-state index >= 15 is 0 Å². The highest BCUT2D eigenvalue weighted by Crippen LogP contribution is 2.19. The maximum absolute atomic E-state index is 8.82. The monoisotopic (exact) mass is 237 g/mol. The molecule has 0 aliphatic heterocycles. The van der Waals surface area contributed by atoms with Gasteiger partial charge in [0.25, 0.3) is 0 Å². The van der Waals surface area contributed by atoms with E-state index in [4.69, 9.17) is 9.84 Å². The first kappa shape index (κ1) is 14.0. The van der Waals surface area contributed by atoms with Crippen molar-refractivity contribution in [2.45, 2.75) is 20.3 Å². The van der Waals surface area contributed by atoms with Crippen LogP contribution in [0.25, 0.3) is 0 Å². The number of hydrogen-bond acceptors (Lipinski definition) is 3. The summed E-state index contributed by atoms with van der Waals surface area (Å²) in [5.74, 6) is 0.972. The smallest absolute Gasteiger partial charge is 0.122 e. The molecule has 0 saturated heterocycles. The quantitative estimate of drug-likeness (QED) is 0.785. The van der Waals surface area contributed by atoms with Crippen molar-refractivity contribution in [2.75, 3.05) is 33.4 Å². The number of rotatable bonds is 7. The third kappa shape index (κ3) is 4.75. The largest absolute Gasteiger partial charge is 0.494 e. The van der Waals surface area contributed by atoms with Crippen LogP contribution in [-0.4, -0.2) is 43.4 Å². The molecule has 1 rings (SSSR count). The molecular weight excluding hydrogens is 214 g/mol. The summed E-state index contributed by atoms with van der Waals surface area (Å²) in [6.07, 6.45) is 1.00. The van der Waals surface area contributed by atoms with Crippen LogP contribution in [0.2, 0.25) is 0 Å². The van der Waals surface area contributed by atoms with Crippen LogP contribution in [0.1, 0.15) is 18.1 Å². The summed E-state index contributed by atoms with van der Waals surface area (Å²) < 4.78 is 5.51. The molecule has 0 heterocycles. The topological polar surface area (TPSA) is 32.7 Å². The van der Waals surface area contributed by atoms with Gasteiger partial charge in [0.15, 0.2) is 0 Å². The van der Waals surface area contributed by atoms with Crippen LogP contribution in [0.15, 0.2) is 18.2 Å². The van der Waals surface area contributed by atoms with E-state index in [0.29, 0.717) is 6.61 Å². The molecule has 1 aromatic carbocycles. The van der Waals surface area contributed by atoms with Crippen LogP contribution in [0, 0.1) is 6.92 Å². The predicted octanol–water partition coefficient (Wildman–Crippen LogP) is 1.86. The van der Waals surface area contributed by atoms with Crippen molar-refractivity contribution in [2.24, 2.45) is 0 Å². The Labute approximate surface area is 104 Å². The Morgan fingerprint density at radius 2 is 2.06 bits per heavy atom. The van der Waals surface area contributed by atoms with Crippen molar-refractivity contribution in [3.8, 4) is 5.75 Å². The van der Waals surface area contributed by atoms with Gasteiger partial charge in [-0.15, -0.1) is 0 Å². The van der Waals surface area contributed by atoms with Crippen molar-refractivity contribution in [3.63, 3.8) is 0 Å². The molecule has 0 aromatic heterocycles. The highest BCUT2D eigenvalue weighted by Gasteiger charge is 2.02. The van der Waals surface area contributed by atoms with Crippen molar-refractivity contribution in [1.82, 2.24) is 4.90 Å². The summed E-state index contributed by atoms with van der Waals surface area (Å²) in [5.41, 5.74) is 2.50. The zero-order valence-corrected chi connectivity index (χ0v) is 11.1. The Balaban J connectivity index is 2.52. The molecule has 0 fully saturated rings. The minimum absolute atomic E-state index is 0.221. The maximum atomic E-state index is 8.82. The molecule has 0 unspecified atom stereocenters. The van der Waals surface area contributed by atoms with Gasteiger partial charge in [-0.05, 0) is 44.5 Å². The standard InChI is InChI=1S/C14H23NO2/c1-4-17-14-6-5-13(11-12(14)2)7-8-15(3)9-10-16/h5-6,11,16H,4,7-10H2,1-3H3. The van der Waals surface area contributed by atoms with E-state index in [1.807, 2.05) is 20.0 Å². The van der Waals surface area contributed by atoms with Gasteiger partial charge in [-0.1, -0.05) is 12.1 Å². The number of aliphatic hydroxyl groups excluding tert-OH is 1. The van der Waals surface area contributed by atoms with Crippen LogP contribution in [-0.2, 0) is 6.42 Å². The molecule has 0 saturated carbocycles. The normalized spacial score (nSPS) is 10.9. The second-order valence-electron chi connectivity index (χ2n) is 4.31. The van der Waals surface area contributed by atoms with E-state index in [9.17, 15) is 0 Å². The number of likely N-dealkylation sites (N-methyl/N-ethyl adjacent to an activating group) is 1. The molecule has 0 atom stereocenters. The summed E-state index contributed by atoms with van der Waals surface area (Å²) in [4.78, 5) is 2.13. The molecule has 3 nitrogen and oxygen atoms in total. The Bertz CT molecular complexity index is 339. The average molecular weight is 237 g/mol. The molecule has 96 valence electrons. The molecule has 3 heteroatoms. The fraction of sp³-hybridized carbons (Fsp3) is 0.571. The van der Waals surface area contributed by atoms with Crippen molar-refractivity contribution in [3.05, 3.63) is 29.3 Å². The van der Waals surface area contributed by atoms with Crippen LogP contribution in [0.3, 0.4) is 0 Å². The molecular formula is C14H23NO2. The highest BCUT2D eigenvalue weighted by molar-refractivity contribution is 5.36. The zero-order valence-electron chi connectivity index (χ0n) is 11.1. The summed E-state index contributed by atoms with van der Waals surface area (Å²) in [5, 5.41) is 8.82. The van der Waals surface area contributed by atoms with Gasteiger partial charge in [-0.2, -0.15) is 0 Å². The molecule has 0 aliphatic carbocycles. The predicted molar refractivity (Wildman–Crippen MR) is 70.6 cm³/mol. The van der Waals surface area contributed by atoms with E-state index in [0.717, 1.165) is 25.3 Å². The van der Waals surface area contributed by atoms with Gasteiger partial charge >= 0.3 is 0 Å². The minimum atomic E-state index is 0.221. The van der Waals surface area contributed by atoms with Gasteiger partial charge in [-0.3, -0.25) is 0 Å². The SMILES string of the molecule is CCOc1ccc(CCN(C)CCO)cc1C. The van der Waals surface area contributed by atoms with Gasteiger partial charge in [0.1, 0.15) is 5.75 Å².